The zero-order chi connectivity index (χ0) is 16.4. The van der Waals surface area contributed by atoms with E-state index in [0.29, 0.717) is 13.1 Å². The summed E-state index contributed by atoms with van der Waals surface area (Å²) in [5.41, 5.74) is 1.72. The average molecular weight is 311 g/mol. The van der Waals surface area contributed by atoms with Gasteiger partial charge in [-0.3, -0.25) is 4.98 Å². The fourth-order valence-electron chi connectivity index (χ4n) is 2.72. The van der Waals surface area contributed by atoms with Gasteiger partial charge in [0.15, 0.2) is 0 Å². The molecule has 0 saturated carbocycles. The maximum absolute atomic E-state index is 11.8. The molecule has 0 radical (unpaired) electrons. The number of para-hydroxylation sites is 1. The van der Waals surface area contributed by atoms with Crippen LogP contribution >= 0.6 is 0 Å². The van der Waals surface area contributed by atoms with Crippen LogP contribution in [0.15, 0.2) is 42.7 Å². The summed E-state index contributed by atoms with van der Waals surface area (Å²) in [6.45, 7) is 6.72. The van der Waals surface area contributed by atoms with Crippen molar-refractivity contribution in [3.63, 3.8) is 0 Å². The first-order valence-electron chi connectivity index (χ1n) is 7.73. The summed E-state index contributed by atoms with van der Waals surface area (Å²) in [5, 5.41) is 5.17. The minimum Gasteiger partial charge on any atom is -0.444 e. The first-order valence-corrected chi connectivity index (χ1v) is 7.73. The Labute approximate surface area is 135 Å². The summed E-state index contributed by atoms with van der Waals surface area (Å²) in [6.07, 6.45) is 3.28. The van der Waals surface area contributed by atoms with Crippen molar-refractivity contribution in [2.45, 2.75) is 32.9 Å². The third-order valence-electron chi connectivity index (χ3n) is 3.58. The molecule has 1 amide bonds. The quantitative estimate of drug-likeness (QED) is 0.802. The molecule has 2 aromatic heterocycles. The van der Waals surface area contributed by atoms with Crippen LogP contribution in [-0.2, 0) is 11.3 Å². The molecule has 23 heavy (non-hydrogen) atoms. The molecule has 5 heteroatoms. The van der Waals surface area contributed by atoms with E-state index in [-0.39, 0.29) is 0 Å². The van der Waals surface area contributed by atoms with E-state index < -0.39 is 11.7 Å². The lowest BCUT2D eigenvalue weighted by Crippen LogP contribution is -2.34. The number of fused-ring (bicyclic) bond motifs is 3. The minimum atomic E-state index is -0.485. The van der Waals surface area contributed by atoms with E-state index in [0.717, 1.165) is 11.0 Å². The Morgan fingerprint density at radius 1 is 1.17 bits per heavy atom. The van der Waals surface area contributed by atoms with Crippen molar-refractivity contribution in [1.82, 2.24) is 14.9 Å². The molecule has 0 fully saturated rings. The van der Waals surface area contributed by atoms with Crippen LogP contribution < -0.4 is 5.32 Å². The molecule has 0 bridgehead atoms. The fourth-order valence-corrected chi connectivity index (χ4v) is 2.72. The van der Waals surface area contributed by atoms with Crippen molar-refractivity contribution < 1.29 is 9.53 Å². The number of carbonyl (C=O) groups excluding carboxylic acids is 1. The van der Waals surface area contributed by atoms with Crippen LogP contribution in [0.2, 0.25) is 0 Å². The second-order valence-electron chi connectivity index (χ2n) is 6.49. The van der Waals surface area contributed by atoms with Gasteiger partial charge >= 0.3 is 6.09 Å². The summed E-state index contributed by atoms with van der Waals surface area (Å²) < 4.78 is 7.44. The predicted octanol–water partition coefficient (Wildman–Crippen LogP) is 3.71. The normalized spacial score (nSPS) is 11.8. The molecule has 120 valence electrons. The zero-order valence-corrected chi connectivity index (χ0v) is 13.7. The monoisotopic (exact) mass is 311 g/mol. The molecule has 3 rings (SSSR count). The standard InChI is InChI=1S/C18H21N3O2/c1-18(2,3)23-17(22)20-10-11-21-15-7-5-4-6-13(15)14-8-9-19-12-16(14)21/h4-9,12H,10-11H2,1-3H3,(H,20,22). The Bertz CT molecular complexity index is 793. The third-order valence-corrected chi connectivity index (χ3v) is 3.58. The number of alkyl carbamates (subject to hydrolysis) is 1. The number of aromatic nitrogens is 2. The van der Waals surface area contributed by atoms with Gasteiger partial charge in [0.1, 0.15) is 5.60 Å². The van der Waals surface area contributed by atoms with Crippen LogP contribution in [-0.4, -0.2) is 27.8 Å². The number of benzene rings is 1. The number of nitrogens with zero attached hydrogens (tertiary/aromatic N) is 2. The summed E-state index contributed by atoms with van der Waals surface area (Å²) >= 11 is 0. The summed E-state index contributed by atoms with van der Waals surface area (Å²) in [5.74, 6) is 0. The lowest BCUT2D eigenvalue weighted by molar-refractivity contribution is 0.0526. The molecular formula is C18H21N3O2. The van der Waals surface area contributed by atoms with Gasteiger partial charge in [-0.15, -0.1) is 0 Å². The molecule has 0 aliphatic carbocycles. The molecule has 0 aliphatic heterocycles. The molecule has 3 aromatic rings. The second kappa shape index (κ2) is 5.91. The molecular weight excluding hydrogens is 290 g/mol. The minimum absolute atomic E-state index is 0.392. The van der Waals surface area contributed by atoms with E-state index in [4.69, 9.17) is 4.74 Å². The van der Waals surface area contributed by atoms with Crippen LogP contribution in [0.4, 0.5) is 4.79 Å². The zero-order valence-electron chi connectivity index (χ0n) is 13.7. The topological polar surface area (TPSA) is 56.1 Å². The van der Waals surface area contributed by atoms with Gasteiger partial charge in [0.05, 0.1) is 11.7 Å². The summed E-state index contributed by atoms with van der Waals surface area (Å²) in [6, 6.07) is 10.3. The van der Waals surface area contributed by atoms with E-state index in [1.165, 1.54) is 10.8 Å². The second-order valence-corrected chi connectivity index (χ2v) is 6.49. The Kier molecular flexibility index (Phi) is 3.94. The number of hydrogen-bond donors (Lipinski definition) is 1. The molecule has 0 atom stereocenters. The van der Waals surface area contributed by atoms with Gasteiger partial charge in [0.2, 0.25) is 0 Å². The van der Waals surface area contributed by atoms with E-state index in [9.17, 15) is 4.79 Å². The lowest BCUT2D eigenvalue weighted by Gasteiger charge is -2.19. The lowest BCUT2D eigenvalue weighted by atomic mass is 10.2. The van der Waals surface area contributed by atoms with Gasteiger partial charge in [-0.1, -0.05) is 18.2 Å². The van der Waals surface area contributed by atoms with Crippen molar-refractivity contribution in [2.24, 2.45) is 0 Å². The molecule has 0 aliphatic rings. The number of ether oxygens (including phenoxy) is 1. The highest BCUT2D eigenvalue weighted by Gasteiger charge is 2.16. The Balaban J connectivity index is 1.81. The van der Waals surface area contributed by atoms with Crippen molar-refractivity contribution in [3.05, 3.63) is 42.7 Å². The highest BCUT2D eigenvalue weighted by Crippen LogP contribution is 2.27. The summed E-state index contributed by atoms with van der Waals surface area (Å²) in [7, 11) is 0. The van der Waals surface area contributed by atoms with Crippen molar-refractivity contribution >= 4 is 27.9 Å². The van der Waals surface area contributed by atoms with Crippen molar-refractivity contribution in [2.75, 3.05) is 6.54 Å². The molecule has 1 N–H and O–H groups in total. The van der Waals surface area contributed by atoms with Crippen LogP contribution in [0.25, 0.3) is 21.8 Å². The van der Waals surface area contributed by atoms with Gasteiger partial charge in [0.25, 0.3) is 0 Å². The number of amides is 1. The largest absolute Gasteiger partial charge is 0.444 e. The Morgan fingerprint density at radius 3 is 2.70 bits per heavy atom. The maximum Gasteiger partial charge on any atom is 0.407 e. The van der Waals surface area contributed by atoms with Gasteiger partial charge in [0, 0.05) is 35.6 Å². The SMILES string of the molecule is CC(C)(C)OC(=O)NCCn1c2ccccc2c2ccncc21. The third kappa shape index (κ3) is 3.28. The Morgan fingerprint density at radius 2 is 1.91 bits per heavy atom. The molecule has 2 heterocycles. The highest BCUT2D eigenvalue weighted by molar-refractivity contribution is 6.07. The number of nitrogens with one attached hydrogen (secondary N) is 1. The molecule has 5 nitrogen and oxygen atoms in total. The van der Waals surface area contributed by atoms with E-state index >= 15 is 0 Å². The van der Waals surface area contributed by atoms with Gasteiger partial charge in [-0.25, -0.2) is 4.79 Å². The highest BCUT2D eigenvalue weighted by atomic mass is 16.6. The fraction of sp³-hybridized carbons (Fsp3) is 0.333. The van der Waals surface area contributed by atoms with Crippen LogP contribution in [0, 0.1) is 0 Å². The average Bonchev–Trinajstić information content (AvgIpc) is 2.81. The van der Waals surface area contributed by atoms with Crippen molar-refractivity contribution in [3.8, 4) is 0 Å². The van der Waals surface area contributed by atoms with E-state index in [1.54, 1.807) is 6.20 Å². The number of hydrogen-bond acceptors (Lipinski definition) is 3. The predicted molar refractivity (Wildman–Crippen MR) is 91.5 cm³/mol. The smallest absolute Gasteiger partial charge is 0.407 e. The number of pyridine rings is 1. The van der Waals surface area contributed by atoms with Gasteiger partial charge in [-0.05, 0) is 32.9 Å². The van der Waals surface area contributed by atoms with E-state index in [1.807, 2.05) is 45.2 Å². The molecule has 0 spiro atoms. The maximum atomic E-state index is 11.8. The molecule has 0 saturated heterocycles. The summed E-state index contributed by atoms with van der Waals surface area (Å²) in [4.78, 5) is 16.0. The number of rotatable bonds is 3. The number of carbonyl (C=O) groups is 1. The van der Waals surface area contributed by atoms with E-state index in [2.05, 4.69) is 27.0 Å². The molecule has 1 aromatic carbocycles. The van der Waals surface area contributed by atoms with Crippen molar-refractivity contribution in [1.29, 1.82) is 0 Å². The first-order chi connectivity index (χ1) is 11.0. The van der Waals surface area contributed by atoms with Crippen LogP contribution in [0.3, 0.4) is 0 Å². The van der Waals surface area contributed by atoms with Gasteiger partial charge in [-0.2, -0.15) is 0 Å². The first kappa shape index (κ1) is 15.3. The van der Waals surface area contributed by atoms with Gasteiger partial charge < -0.3 is 14.6 Å². The van der Waals surface area contributed by atoms with Crippen LogP contribution in [0.5, 0.6) is 0 Å². The Hall–Kier alpha value is -2.56. The molecule has 0 unspecified atom stereocenters. The van der Waals surface area contributed by atoms with Crippen LogP contribution in [0.1, 0.15) is 20.8 Å².